The van der Waals surface area contributed by atoms with Crippen molar-refractivity contribution in [2.45, 2.75) is 13.8 Å². The Morgan fingerprint density at radius 1 is 1.00 bits per heavy atom. The number of rotatable bonds is 3. The van der Waals surface area contributed by atoms with Gasteiger partial charge in [-0.3, -0.25) is 0 Å². The summed E-state index contributed by atoms with van der Waals surface area (Å²) in [7, 11) is 0. The van der Waals surface area contributed by atoms with Gasteiger partial charge in [0.2, 0.25) is 0 Å². The zero-order valence-electron chi connectivity index (χ0n) is 5.46. The molecule has 0 fully saturated rings. The Hall–Kier alpha value is 0.700. The van der Waals surface area contributed by atoms with Gasteiger partial charge in [0.15, 0.2) is 0 Å². The van der Waals surface area contributed by atoms with Crippen LogP contribution < -0.4 is 0 Å². The molecule has 0 aliphatic rings. The van der Waals surface area contributed by atoms with E-state index >= 15 is 0 Å². The quantitative estimate of drug-likeness (QED) is 0.566. The van der Waals surface area contributed by atoms with E-state index in [-0.39, 0.29) is 0 Å². The highest BCUT2D eigenvalue weighted by atomic mass is 32.1. The predicted molar refractivity (Wildman–Crippen MR) is 46.0 cm³/mol. The SMILES string of the molecule is CC(CS)[C@H](C)CS. The summed E-state index contributed by atoms with van der Waals surface area (Å²) >= 11 is 8.35. The molecule has 0 heterocycles. The molecule has 0 aliphatic heterocycles. The van der Waals surface area contributed by atoms with Crippen LogP contribution in [0.2, 0.25) is 0 Å². The topological polar surface area (TPSA) is 0 Å². The summed E-state index contributed by atoms with van der Waals surface area (Å²) in [6, 6.07) is 0. The standard InChI is InChI=1S/C6H14S2/c1-5(3-7)6(2)4-8/h5-8H,3-4H2,1-2H3/t5-,6?/m1/s1. The second-order valence-electron chi connectivity index (χ2n) is 2.32. The lowest BCUT2D eigenvalue weighted by Gasteiger charge is -2.13. The van der Waals surface area contributed by atoms with Crippen LogP contribution >= 0.6 is 25.3 Å². The van der Waals surface area contributed by atoms with Gasteiger partial charge in [-0.15, -0.1) is 0 Å². The molecule has 0 N–H and O–H groups in total. The van der Waals surface area contributed by atoms with Crippen LogP contribution in [0.4, 0.5) is 0 Å². The fraction of sp³-hybridized carbons (Fsp3) is 1.00. The Labute approximate surface area is 62.9 Å². The van der Waals surface area contributed by atoms with Gasteiger partial charge in [0.05, 0.1) is 0 Å². The van der Waals surface area contributed by atoms with E-state index in [2.05, 4.69) is 39.1 Å². The highest BCUT2D eigenvalue weighted by Crippen LogP contribution is 2.12. The Morgan fingerprint density at radius 2 is 1.25 bits per heavy atom. The number of hydrogen-bond donors (Lipinski definition) is 2. The molecule has 8 heavy (non-hydrogen) atoms. The van der Waals surface area contributed by atoms with Crippen molar-refractivity contribution >= 4 is 25.3 Å². The van der Waals surface area contributed by atoms with Crippen molar-refractivity contribution in [1.29, 1.82) is 0 Å². The van der Waals surface area contributed by atoms with E-state index in [1.165, 1.54) is 0 Å². The van der Waals surface area contributed by atoms with E-state index in [1.54, 1.807) is 0 Å². The second kappa shape index (κ2) is 4.57. The van der Waals surface area contributed by atoms with Crippen molar-refractivity contribution in [3.63, 3.8) is 0 Å². The van der Waals surface area contributed by atoms with Gasteiger partial charge in [0.1, 0.15) is 0 Å². The minimum absolute atomic E-state index is 0.704. The zero-order chi connectivity index (χ0) is 6.57. The van der Waals surface area contributed by atoms with Crippen LogP contribution in [0.3, 0.4) is 0 Å². The Kier molecular flexibility index (Phi) is 4.97. The lowest BCUT2D eigenvalue weighted by molar-refractivity contribution is 0.474. The molecule has 50 valence electrons. The van der Waals surface area contributed by atoms with Gasteiger partial charge in [0, 0.05) is 0 Å². The molecular formula is C6H14S2. The number of hydrogen-bond acceptors (Lipinski definition) is 2. The highest BCUT2D eigenvalue weighted by Gasteiger charge is 2.06. The van der Waals surface area contributed by atoms with Gasteiger partial charge in [-0.05, 0) is 23.3 Å². The molecule has 2 heteroatoms. The molecule has 0 aromatic rings. The van der Waals surface area contributed by atoms with Crippen molar-refractivity contribution in [3.05, 3.63) is 0 Å². The summed E-state index contributed by atoms with van der Waals surface area (Å²) in [6.07, 6.45) is 0. The van der Waals surface area contributed by atoms with Gasteiger partial charge in [0.25, 0.3) is 0 Å². The minimum atomic E-state index is 0.704. The molecule has 0 aliphatic carbocycles. The average molecular weight is 150 g/mol. The van der Waals surface area contributed by atoms with Crippen LogP contribution in [-0.4, -0.2) is 11.5 Å². The lowest BCUT2D eigenvalue weighted by atomic mass is 10.0. The molecular weight excluding hydrogens is 136 g/mol. The second-order valence-corrected chi connectivity index (χ2v) is 3.05. The van der Waals surface area contributed by atoms with E-state index in [4.69, 9.17) is 0 Å². The van der Waals surface area contributed by atoms with Crippen molar-refractivity contribution in [2.75, 3.05) is 11.5 Å². The third kappa shape index (κ3) is 2.88. The molecule has 2 atom stereocenters. The fourth-order valence-electron chi connectivity index (χ4n) is 0.360. The molecule has 0 rings (SSSR count). The summed E-state index contributed by atoms with van der Waals surface area (Å²) in [5.74, 6) is 3.36. The van der Waals surface area contributed by atoms with Crippen LogP contribution in [0.5, 0.6) is 0 Å². The molecule has 0 nitrogen and oxygen atoms in total. The Morgan fingerprint density at radius 3 is 1.38 bits per heavy atom. The van der Waals surface area contributed by atoms with Crippen LogP contribution in [-0.2, 0) is 0 Å². The van der Waals surface area contributed by atoms with E-state index in [0.29, 0.717) is 11.8 Å². The molecule has 0 aromatic heterocycles. The maximum Gasteiger partial charge on any atom is -0.00693 e. The van der Waals surface area contributed by atoms with Crippen molar-refractivity contribution in [3.8, 4) is 0 Å². The van der Waals surface area contributed by atoms with Gasteiger partial charge >= 0.3 is 0 Å². The molecule has 0 spiro atoms. The van der Waals surface area contributed by atoms with Gasteiger partial charge in [-0.2, -0.15) is 25.3 Å². The molecule has 0 amide bonds. The Bertz CT molecular complexity index is 46.5. The van der Waals surface area contributed by atoms with Crippen LogP contribution in [0.1, 0.15) is 13.8 Å². The van der Waals surface area contributed by atoms with E-state index in [1.807, 2.05) is 0 Å². The van der Waals surface area contributed by atoms with E-state index in [0.717, 1.165) is 11.5 Å². The molecule has 0 radical (unpaired) electrons. The van der Waals surface area contributed by atoms with Gasteiger partial charge in [-0.25, -0.2) is 0 Å². The smallest absolute Gasteiger partial charge is 0.00693 e. The maximum absolute atomic E-state index is 4.17. The van der Waals surface area contributed by atoms with Crippen LogP contribution in [0, 0.1) is 11.8 Å². The molecule has 0 saturated carbocycles. The largest absolute Gasteiger partial charge is 0.179 e. The fourth-order valence-corrected chi connectivity index (χ4v) is 1.08. The van der Waals surface area contributed by atoms with Crippen molar-refractivity contribution in [1.82, 2.24) is 0 Å². The first-order valence-electron chi connectivity index (χ1n) is 2.94. The molecule has 0 saturated heterocycles. The first-order valence-corrected chi connectivity index (χ1v) is 4.20. The summed E-state index contributed by atoms with van der Waals surface area (Å²) in [4.78, 5) is 0. The first-order chi connectivity index (χ1) is 3.72. The predicted octanol–water partition coefficient (Wildman–Crippen LogP) is 2.12. The van der Waals surface area contributed by atoms with Gasteiger partial charge < -0.3 is 0 Å². The first kappa shape index (κ1) is 8.70. The maximum atomic E-state index is 4.17. The highest BCUT2D eigenvalue weighted by molar-refractivity contribution is 7.80. The molecule has 0 bridgehead atoms. The zero-order valence-corrected chi connectivity index (χ0v) is 7.25. The van der Waals surface area contributed by atoms with Crippen LogP contribution in [0.15, 0.2) is 0 Å². The lowest BCUT2D eigenvalue weighted by Crippen LogP contribution is -2.10. The molecule has 1 unspecified atom stereocenters. The average Bonchev–Trinajstić information content (AvgIpc) is 1.84. The summed E-state index contributed by atoms with van der Waals surface area (Å²) < 4.78 is 0. The molecule has 0 aromatic carbocycles. The Balaban J connectivity index is 3.29. The number of thiol groups is 2. The summed E-state index contributed by atoms with van der Waals surface area (Å²) in [6.45, 7) is 4.40. The minimum Gasteiger partial charge on any atom is -0.179 e. The van der Waals surface area contributed by atoms with Crippen molar-refractivity contribution in [2.24, 2.45) is 11.8 Å². The third-order valence-electron chi connectivity index (χ3n) is 1.55. The van der Waals surface area contributed by atoms with E-state index in [9.17, 15) is 0 Å². The van der Waals surface area contributed by atoms with Gasteiger partial charge in [-0.1, -0.05) is 13.8 Å². The third-order valence-corrected chi connectivity index (χ3v) is 2.70. The van der Waals surface area contributed by atoms with E-state index < -0.39 is 0 Å². The monoisotopic (exact) mass is 150 g/mol. The van der Waals surface area contributed by atoms with Crippen molar-refractivity contribution < 1.29 is 0 Å². The summed E-state index contributed by atoms with van der Waals surface area (Å²) in [5.41, 5.74) is 0. The normalized spacial score (nSPS) is 18.0. The van der Waals surface area contributed by atoms with Crippen LogP contribution in [0.25, 0.3) is 0 Å². The summed E-state index contributed by atoms with van der Waals surface area (Å²) in [5, 5.41) is 0.